The summed E-state index contributed by atoms with van der Waals surface area (Å²) in [5, 5.41) is 3.36. The van der Waals surface area contributed by atoms with Gasteiger partial charge in [0, 0.05) is 45.0 Å². The normalized spacial score (nSPS) is 18.2. The number of hydrogen-bond acceptors (Lipinski definition) is 3. The van der Waals surface area contributed by atoms with Crippen molar-refractivity contribution < 1.29 is 0 Å². The first-order chi connectivity index (χ1) is 7.66. The predicted octanol–water partition coefficient (Wildman–Crippen LogP) is 1.63. The number of imidazole rings is 1. The van der Waals surface area contributed by atoms with Crippen molar-refractivity contribution in [3.63, 3.8) is 0 Å². The number of piperazine rings is 1. The van der Waals surface area contributed by atoms with E-state index in [-0.39, 0.29) is 0 Å². The van der Waals surface area contributed by atoms with Crippen LogP contribution < -0.4 is 5.32 Å². The second-order valence-corrected chi connectivity index (χ2v) is 5.24. The van der Waals surface area contributed by atoms with E-state index in [1.807, 2.05) is 0 Å². The lowest BCUT2D eigenvalue weighted by atomic mass is 10.3. The fourth-order valence-corrected chi connectivity index (χ4v) is 2.70. The lowest BCUT2D eigenvalue weighted by molar-refractivity contribution is 0.231. The van der Waals surface area contributed by atoms with Crippen LogP contribution in [0.15, 0.2) is 10.9 Å². The van der Waals surface area contributed by atoms with Gasteiger partial charge in [-0.05, 0) is 29.8 Å². The van der Waals surface area contributed by atoms with Crippen LogP contribution in [0, 0.1) is 0 Å². The molecule has 1 N–H and O–H groups in total. The van der Waals surface area contributed by atoms with Crippen molar-refractivity contribution in [2.45, 2.75) is 26.4 Å². The molecule has 0 atom stereocenters. The van der Waals surface area contributed by atoms with E-state index in [0.717, 1.165) is 43.2 Å². The molecule has 0 aromatic carbocycles. The Hall–Kier alpha value is -0.390. The maximum atomic E-state index is 4.54. The van der Waals surface area contributed by atoms with Crippen molar-refractivity contribution in [1.82, 2.24) is 19.8 Å². The zero-order valence-electron chi connectivity index (χ0n) is 9.91. The summed E-state index contributed by atoms with van der Waals surface area (Å²) in [5.74, 6) is 0. The van der Waals surface area contributed by atoms with E-state index in [1.54, 1.807) is 0 Å². The number of halogens is 1. The summed E-state index contributed by atoms with van der Waals surface area (Å²) in [5.41, 5.74) is 1.16. The van der Waals surface area contributed by atoms with E-state index in [9.17, 15) is 0 Å². The van der Waals surface area contributed by atoms with Crippen molar-refractivity contribution in [2.75, 3.05) is 26.2 Å². The van der Waals surface area contributed by atoms with Crippen molar-refractivity contribution in [2.24, 2.45) is 0 Å². The second kappa shape index (κ2) is 5.29. The first-order valence-corrected chi connectivity index (χ1v) is 6.62. The maximum absolute atomic E-state index is 4.54. The van der Waals surface area contributed by atoms with Crippen molar-refractivity contribution in [1.29, 1.82) is 0 Å². The average molecular weight is 287 g/mol. The third-order valence-electron chi connectivity index (χ3n) is 2.89. The Morgan fingerprint density at radius 3 is 2.69 bits per heavy atom. The first kappa shape index (κ1) is 12.1. The number of nitrogens with zero attached hydrogens (tertiary/aromatic N) is 3. The number of rotatable bonds is 3. The third-order valence-corrected chi connectivity index (χ3v) is 3.48. The van der Waals surface area contributed by atoms with Gasteiger partial charge in [-0.2, -0.15) is 0 Å². The Bertz CT molecular complexity index is 342. The molecule has 0 radical (unpaired) electrons. The number of nitrogens with one attached hydrogen (secondary N) is 1. The molecule has 1 saturated heterocycles. The molecule has 0 unspecified atom stereocenters. The SMILES string of the molecule is CC(C)n1cc(CN2CCNCC2)nc1Br. The van der Waals surface area contributed by atoms with Crippen LogP contribution in [0.5, 0.6) is 0 Å². The van der Waals surface area contributed by atoms with E-state index < -0.39 is 0 Å². The van der Waals surface area contributed by atoms with E-state index in [0.29, 0.717) is 6.04 Å². The Morgan fingerprint density at radius 1 is 1.44 bits per heavy atom. The monoisotopic (exact) mass is 286 g/mol. The molecule has 0 bridgehead atoms. The highest BCUT2D eigenvalue weighted by molar-refractivity contribution is 9.10. The highest BCUT2D eigenvalue weighted by atomic mass is 79.9. The highest BCUT2D eigenvalue weighted by Gasteiger charge is 2.13. The van der Waals surface area contributed by atoms with Crippen molar-refractivity contribution in [3.05, 3.63) is 16.6 Å². The molecule has 0 amide bonds. The predicted molar refractivity (Wildman–Crippen MR) is 68.5 cm³/mol. The summed E-state index contributed by atoms with van der Waals surface area (Å²) in [7, 11) is 0. The molecule has 0 spiro atoms. The topological polar surface area (TPSA) is 33.1 Å². The lowest BCUT2D eigenvalue weighted by Crippen LogP contribution is -2.42. The van der Waals surface area contributed by atoms with Gasteiger partial charge in [0.25, 0.3) is 0 Å². The molecule has 1 aliphatic heterocycles. The quantitative estimate of drug-likeness (QED) is 0.917. The zero-order valence-corrected chi connectivity index (χ0v) is 11.5. The molecule has 2 heterocycles. The Morgan fingerprint density at radius 2 is 2.12 bits per heavy atom. The molecule has 1 aromatic heterocycles. The number of hydrogen-bond donors (Lipinski definition) is 1. The van der Waals surface area contributed by atoms with Crippen LogP contribution in [0.4, 0.5) is 0 Å². The Labute approximate surface area is 105 Å². The molecule has 16 heavy (non-hydrogen) atoms. The van der Waals surface area contributed by atoms with E-state index in [2.05, 4.69) is 55.7 Å². The second-order valence-electron chi connectivity index (χ2n) is 4.53. The van der Waals surface area contributed by atoms with E-state index >= 15 is 0 Å². The Balaban J connectivity index is 2.01. The zero-order chi connectivity index (χ0) is 11.5. The largest absolute Gasteiger partial charge is 0.323 e. The van der Waals surface area contributed by atoms with Gasteiger partial charge in [-0.1, -0.05) is 0 Å². The minimum atomic E-state index is 0.457. The van der Waals surface area contributed by atoms with Gasteiger partial charge in [0.05, 0.1) is 5.69 Å². The van der Waals surface area contributed by atoms with Gasteiger partial charge in [0.1, 0.15) is 0 Å². The minimum Gasteiger partial charge on any atom is -0.323 e. The van der Waals surface area contributed by atoms with Crippen LogP contribution in [0.2, 0.25) is 0 Å². The first-order valence-electron chi connectivity index (χ1n) is 5.83. The molecule has 0 saturated carbocycles. The van der Waals surface area contributed by atoms with Crippen LogP contribution in [0.3, 0.4) is 0 Å². The maximum Gasteiger partial charge on any atom is 0.177 e. The molecule has 0 aliphatic carbocycles. The molecule has 90 valence electrons. The summed E-state index contributed by atoms with van der Waals surface area (Å²) < 4.78 is 3.10. The van der Waals surface area contributed by atoms with Gasteiger partial charge in [-0.15, -0.1) is 0 Å². The summed E-state index contributed by atoms with van der Waals surface area (Å²) in [6, 6.07) is 0.457. The van der Waals surface area contributed by atoms with Gasteiger partial charge >= 0.3 is 0 Å². The summed E-state index contributed by atoms with van der Waals surface area (Å²) >= 11 is 3.50. The van der Waals surface area contributed by atoms with Crippen molar-refractivity contribution >= 4 is 15.9 Å². The molecule has 2 rings (SSSR count). The Kier molecular flexibility index (Phi) is 4.00. The van der Waals surface area contributed by atoms with E-state index in [1.165, 1.54) is 0 Å². The smallest absolute Gasteiger partial charge is 0.177 e. The average Bonchev–Trinajstić information content (AvgIpc) is 2.61. The lowest BCUT2D eigenvalue weighted by Gasteiger charge is -2.26. The summed E-state index contributed by atoms with van der Waals surface area (Å²) in [4.78, 5) is 6.98. The number of aromatic nitrogens is 2. The van der Waals surface area contributed by atoms with E-state index in [4.69, 9.17) is 0 Å². The van der Waals surface area contributed by atoms with Gasteiger partial charge in [0.2, 0.25) is 0 Å². The van der Waals surface area contributed by atoms with Gasteiger partial charge in [0.15, 0.2) is 4.73 Å². The van der Waals surface area contributed by atoms with Crippen molar-refractivity contribution in [3.8, 4) is 0 Å². The van der Waals surface area contributed by atoms with Gasteiger partial charge in [-0.25, -0.2) is 4.98 Å². The van der Waals surface area contributed by atoms with Crippen LogP contribution >= 0.6 is 15.9 Å². The standard InChI is InChI=1S/C11H19BrN4/c1-9(2)16-8-10(14-11(16)12)7-15-5-3-13-4-6-15/h8-9,13H,3-7H2,1-2H3. The molecule has 1 aliphatic rings. The van der Waals surface area contributed by atoms with Gasteiger partial charge < -0.3 is 9.88 Å². The molecule has 1 aromatic rings. The van der Waals surface area contributed by atoms with Crippen LogP contribution in [0.25, 0.3) is 0 Å². The molecule has 4 nitrogen and oxygen atoms in total. The molecule has 1 fully saturated rings. The molecule has 5 heteroatoms. The fraction of sp³-hybridized carbons (Fsp3) is 0.727. The van der Waals surface area contributed by atoms with Gasteiger partial charge in [-0.3, -0.25) is 4.90 Å². The minimum absolute atomic E-state index is 0.457. The van der Waals surface area contributed by atoms with Crippen LogP contribution in [-0.4, -0.2) is 40.6 Å². The summed E-state index contributed by atoms with van der Waals surface area (Å²) in [6.45, 7) is 9.71. The third kappa shape index (κ3) is 2.84. The van der Waals surface area contributed by atoms with Crippen LogP contribution in [-0.2, 0) is 6.54 Å². The fourth-order valence-electron chi connectivity index (χ4n) is 1.96. The highest BCUT2D eigenvalue weighted by Crippen LogP contribution is 2.17. The summed E-state index contributed by atoms with van der Waals surface area (Å²) in [6.07, 6.45) is 2.15. The van der Waals surface area contributed by atoms with Crippen LogP contribution in [0.1, 0.15) is 25.6 Å². The molecular formula is C11H19BrN4. The molecular weight excluding hydrogens is 268 g/mol.